The number of aromatic nitrogens is 3. The highest BCUT2D eigenvalue weighted by Crippen LogP contribution is 2.49. The Hall–Kier alpha value is -4.90. The van der Waals surface area contributed by atoms with Gasteiger partial charge in [0.25, 0.3) is 0 Å². The molecule has 19 heteroatoms. The van der Waals surface area contributed by atoms with E-state index in [4.69, 9.17) is 36.0 Å². The van der Waals surface area contributed by atoms with E-state index in [9.17, 15) is 9.90 Å². The van der Waals surface area contributed by atoms with E-state index in [0.29, 0.717) is 23.9 Å². The van der Waals surface area contributed by atoms with E-state index in [1.54, 1.807) is 34.0 Å². The van der Waals surface area contributed by atoms with Crippen molar-refractivity contribution in [2.75, 3.05) is 126 Å². The highest BCUT2D eigenvalue weighted by molar-refractivity contribution is 7.14. The third-order valence-corrected chi connectivity index (χ3v) is 26.6. The van der Waals surface area contributed by atoms with E-state index in [1.807, 2.05) is 0 Å². The lowest BCUT2D eigenvalue weighted by molar-refractivity contribution is -0.123. The molecule has 1 amide bonds. The molecule has 3 aromatic carbocycles. The van der Waals surface area contributed by atoms with E-state index < -0.39 is 6.04 Å². The van der Waals surface area contributed by atoms with Crippen LogP contribution in [0, 0.1) is 0 Å². The number of nitrogens with two attached hydrogens (primary N) is 1. The summed E-state index contributed by atoms with van der Waals surface area (Å²) in [6, 6.07) is 21.7. The largest absolute Gasteiger partial charge is 0.396 e. The second-order valence-electron chi connectivity index (χ2n) is 33.2. The van der Waals surface area contributed by atoms with Crippen molar-refractivity contribution in [1.82, 2.24) is 35.0 Å². The van der Waals surface area contributed by atoms with Gasteiger partial charge >= 0.3 is 0 Å². The number of aryl methyl sites for hydroxylation is 1. The number of rotatable bonds is 21. The minimum Gasteiger partial charge on any atom is -0.396 e. The van der Waals surface area contributed by atoms with E-state index >= 15 is 0 Å². The first-order valence-electron chi connectivity index (χ1n) is 38.1. The number of anilines is 3. The lowest BCUT2D eigenvalue weighted by Gasteiger charge is -2.42. The predicted molar refractivity (Wildman–Crippen MR) is 417 cm³/mol. The molecule has 7 aliphatic rings. The Morgan fingerprint density at radius 2 is 0.980 bits per heavy atom. The van der Waals surface area contributed by atoms with Crippen LogP contribution in [0.25, 0.3) is 33.8 Å². The molecule has 548 valence electrons. The normalized spacial score (nSPS) is 21.1. The molecule has 7 heterocycles. The predicted octanol–water partition coefficient (Wildman–Crippen LogP) is 13.5. The molecule has 3 aliphatic carbocycles. The monoisotopic (exact) mass is 1420 g/mol. The fourth-order valence-electron chi connectivity index (χ4n) is 16.9. The highest BCUT2D eigenvalue weighted by Gasteiger charge is 2.40. The van der Waals surface area contributed by atoms with Crippen LogP contribution in [0.1, 0.15) is 205 Å². The number of carbonyl (C=O) groups is 1. The Morgan fingerprint density at radius 3 is 1.46 bits per heavy atom. The molecule has 4 fully saturated rings. The Kier molecular flexibility index (Phi) is 25.5. The summed E-state index contributed by atoms with van der Waals surface area (Å²) in [5, 5.41) is 49.7. The molecule has 7 N–H and O–H groups in total. The summed E-state index contributed by atoms with van der Waals surface area (Å²) in [6.45, 7) is 37.4. The number of piperidine rings is 3. The van der Waals surface area contributed by atoms with Gasteiger partial charge in [-0.15, -0.1) is 34.0 Å². The maximum atomic E-state index is 12.1. The van der Waals surface area contributed by atoms with Crippen molar-refractivity contribution in [3.8, 4) is 33.8 Å². The number of aliphatic hydroxyl groups is 4. The molecule has 6 aromatic rings. The minimum atomic E-state index is -0.637. The molecule has 0 spiro atoms. The maximum absolute atomic E-state index is 12.1. The van der Waals surface area contributed by atoms with Gasteiger partial charge in [-0.1, -0.05) is 106 Å². The average molecular weight is 1430 g/mol. The van der Waals surface area contributed by atoms with Crippen LogP contribution in [0.2, 0.25) is 0 Å². The van der Waals surface area contributed by atoms with Crippen molar-refractivity contribution in [3.05, 3.63) is 104 Å². The minimum absolute atomic E-state index is 0.0705. The second-order valence-corrected chi connectivity index (χ2v) is 35.7. The number of benzene rings is 3. The number of hydrogen-bond donors (Lipinski definition) is 6. The van der Waals surface area contributed by atoms with Crippen LogP contribution in [0.3, 0.4) is 0 Å². The van der Waals surface area contributed by atoms with Crippen molar-refractivity contribution >= 4 is 55.3 Å². The molecule has 4 aliphatic heterocycles. The van der Waals surface area contributed by atoms with Gasteiger partial charge in [-0.25, -0.2) is 15.0 Å². The molecule has 0 bridgehead atoms. The zero-order chi connectivity index (χ0) is 71.0. The van der Waals surface area contributed by atoms with Gasteiger partial charge in [0.2, 0.25) is 5.91 Å². The van der Waals surface area contributed by atoms with Gasteiger partial charge in [0.15, 0.2) is 15.4 Å². The third kappa shape index (κ3) is 18.4. The molecule has 0 unspecified atom stereocenters. The number of hydrogen-bond acceptors (Lipinski definition) is 18. The van der Waals surface area contributed by atoms with E-state index in [2.05, 4.69) is 175 Å². The quantitative estimate of drug-likeness (QED) is 0.0372. The first-order valence-corrected chi connectivity index (χ1v) is 40.8. The molecule has 3 aromatic heterocycles. The number of amides is 1. The number of piperazine rings is 1. The van der Waals surface area contributed by atoms with Crippen LogP contribution >= 0.6 is 34.0 Å². The highest BCUT2D eigenvalue weighted by atomic mass is 32.1. The molecule has 100 heavy (non-hydrogen) atoms. The van der Waals surface area contributed by atoms with Crippen LogP contribution in [0.4, 0.5) is 15.4 Å². The van der Waals surface area contributed by atoms with E-state index in [0.717, 1.165) is 157 Å². The fourth-order valence-corrected chi connectivity index (χ4v) is 19.6. The maximum Gasteiger partial charge on any atom is 0.237 e. The summed E-state index contributed by atoms with van der Waals surface area (Å²) in [5.74, 6) is -0.169. The molecule has 13 rings (SSSR count). The molecule has 0 saturated carbocycles. The van der Waals surface area contributed by atoms with Gasteiger partial charge in [-0.2, -0.15) is 0 Å². The number of thiazole rings is 3. The van der Waals surface area contributed by atoms with Gasteiger partial charge in [0, 0.05) is 143 Å². The number of unbranched alkanes of at least 4 members (excludes halogenated alkanes) is 2. The number of β-amino-alcohol motifs (C(OH)–C–C–N with tert-alkyl or cyclic N) is 1. The zero-order valence-electron chi connectivity index (χ0n) is 62.3. The summed E-state index contributed by atoms with van der Waals surface area (Å²) in [4.78, 5) is 42.0. The van der Waals surface area contributed by atoms with Crippen molar-refractivity contribution in [1.29, 1.82) is 0 Å². The number of fused-ring (bicyclic) bond motifs is 3. The van der Waals surface area contributed by atoms with E-state index in [-0.39, 0.29) is 60.0 Å². The Labute approximate surface area is 611 Å². The number of carbonyl (C=O) groups excluding carboxylic acids is 1. The first kappa shape index (κ1) is 76.2. The van der Waals surface area contributed by atoms with Gasteiger partial charge in [-0.05, 0) is 194 Å². The Balaban J connectivity index is 0.000000151. The van der Waals surface area contributed by atoms with Gasteiger partial charge in [0.1, 0.15) is 0 Å². The topological polar surface area (TPSA) is 194 Å². The lowest BCUT2D eigenvalue weighted by atomic mass is 9.63. The van der Waals surface area contributed by atoms with Crippen LogP contribution in [-0.4, -0.2) is 192 Å². The summed E-state index contributed by atoms with van der Waals surface area (Å²) >= 11 is 5.26. The van der Waals surface area contributed by atoms with Gasteiger partial charge < -0.3 is 46.2 Å². The molecule has 1 atom stereocenters. The summed E-state index contributed by atoms with van der Waals surface area (Å²) in [6.07, 6.45) is 18.4. The Morgan fingerprint density at radius 1 is 0.520 bits per heavy atom. The van der Waals surface area contributed by atoms with Crippen LogP contribution in [0.15, 0.2) is 70.7 Å². The summed E-state index contributed by atoms with van der Waals surface area (Å²) in [5.41, 5.74) is 22.9. The van der Waals surface area contributed by atoms with Gasteiger partial charge in [-0.3, -0.25) is 19.5 Å². The molecule has 16 nitrogen and oxygen atoms in total. The van der Waals surface area contributed by atoms with E-state index in [1.165, 1.54) is 113 Å². The van der Waals surface area contributed by atoms with Crippen LogP contribution in [-0.2, 0) is 38.3 Å². The second kappa shape index (κ2) is 33.5. The smallest absolute Gasteiger partial charge is 0.237 e. The van der Waals surface area contributed by atoms with Crippen LogP contribution in [0.5, 0.6) is 0 Å². The first-order chi connectivity index (χ1) is 47.9. The molecule has 4 saturated heterocycles. The Bertz CT molecular complexity index is 3600. The average Bonchev–Trinajstić information content (AvgIpc) is 0.859. The van der Waals surface area contributed by atoms with Crippen molar-refractivity contribution in [2.45, 2.75) is 230 Å². The van der Waals surface area contributed by atoms with Crippen molar-refractivity contribution in [3.63, 3.8) is 0 Å². The SMILES string of the molecule is CC1(C)CCC(C)(C)c2cc(-c3csc(N4CCC(N(CCO)CCCCCO)CC4)n3)ccc21.CC1(C)CCC(C)(C)c2cc(-c3csc(N4CCC(NC(=O)[C@@H](N)CCO)CC4)n3)ccc21.CC1(C)CCCc2cc(-c3csc(N4CCC(N5CCN(CCO)CC5)CC4)n3)ccc21. The molecule has 0 radical (unpaired) electrons. The fraction of sp³-hybridized carbons (Fsp3) is 0.654. The van der Waals surface area contributed by atoms with Crippen molar-refractivity contribution < 1.29 is 25.2 Å². The van der Waals surface area contributed by atoms with Gasteiger partial charge in [0.05, 0.1) is 36.3 Å². The standard InChI is InChI=1S/C29H45N3O2S.C26H38N4O2S.C26H38N4OS/c1-28(2)12-13-29(3,4)25-20-22(8-9-24(25)28)26-21-35-27(30-26)32-15-10-23(11-16-32)31(17-19-34)14-6-5-7-18-33;1-25(2)10-11-26(3,4)20-15-17(5-6-19(20)25)22-16-33-24(29-22)30-12-7-18(8-13-30)28-23(32)21(27)9-14-31;1-26(2)9-3-4-20-18-21(5-6-23(20)26)24-19-32-25(27-24)30-10-7-22(8-11-30)29-14-12-28(13-15-29)16-17-31/h8-9,20-21,23,33-34H,5-7,10-19H2,1-4H3;5-6,15-16,18,21,31H,7-14,27H2,1-4H3,(H,28,32);5-6,18-19,22,31H,3-4,7-17H2,1-2H3/t;21-;/m.0./s1. The van der Waals surface area contributed by atoms with Crippen molar-refractivity contribution in [2.24, 2.45) is 5.73 Å². The number of nitrogens with zero attached hydrogens (tertiary/aromatic N) is 9. The molecular formula is C81H121N11O5S3. The lowest BCUT2D eigenvalue weighted by Crippen LogP contribution is -2.53. The number of aliphatic hydroxyl groups excluding tert-OH is 4. The zero-order valence-corrected chi connectivity index (χ0v) is 64.8. The van der Waals surface area contributed by atoms with Crippen LogP contribution < -0.4 is 25.8 Å². The summed E-state index contributed by atoms with van der Waals surface area (Å²) in [7, 11) is 0. The third-order valence-electron chi connectivity index (χ3n) is 23.9. The molecular weight excluding hydrogens is 1300 g/mol. The number of nitrogens with one attached hydrogen (secondary N) is 1. The summed E-state index contributed by atoms with van der Waals surface area (Å²) < 4.78 is 0.